The van der Waals surface area contributed by atoms with Gasteiger partial charge in [-0.05, 0) is 64.7 Å². The van der Waals surface area contributed by atoms with Gasteiger partial charge in [-0.25, -0.2) is 4.79 Å². The van der Waals surface area contributed by atoms with Crippen LogP contribution in [0.5, 0.6) is 0 Å². The maximum Gasteiger partial charge on any atom is 0.340 e. The molecule has 0 atom stereocenters. The molecule has 0 radical (unpaired) electrons. The zero-order valence-electron chi connectivity index (χ0n) is 17.7. The Hall–Kier alpha value is -2.65. The van der Waals surface area contributed by atoms with Crippen LogP contribution in [-0.4, -0.2) is 26.8 Å². The predicted molar refractivity (Wildman–Crippen MR) is 131 cm³/mol. The first-order valence-corrected chi connectivity index (χ1v) is 12.5. The number of benzene rings is 2. The predicted octanol–water partition coefficient (Wildman–Crippen LogP) is 5.29. The van der Waals surface area contributed by atoms with Crippen molar-refractivity contribution in [3.05, 3.63) is 85.4 Å². The Morgan fingerprint density at radius 2 is 1.94 bits per heavy atom. The van der Waals surface area contributed by atoms with Crippen molar-refractivity contribution in [1.82, 2.24) is 4.31 Å². The number of rotatable bonds is 6. The molecule has 0 spiro atoms. The van der Waals surface area contributed by atoms with Gasteiger partial charge in [0.1, 0.15) is 5.58 Å². The van der Waals surface area contributed by atoms with E-state index in [0.29, 0.717) is 28.3 Å². The Labute approximate surface area is 195 Å². The summed E-state index contributed by atoms with van der Waals surface area (Å²) < 4.78 is 33.5. The van der Waals surface area contributed by atoms with Gasteiger partial charge in [0.2, 0.25) is 0 Å². The molecule has 6 nitrogen and oxygen atoms in total. The van der Waals surface area contributed by atoms with Crippen LogP contribution in [-0.2, 0) is 16.6 Å². The highest BCUT2D eigenvalue weighted by atomic mass is 35.5. The Balaban J connectivity index is 1.72. The summed E-state index contributed by atoms with van der Waals surface area (Å²) >= 11 is 8.11. The summed E-state index contributed by atoms with van der Waals surface area (Å²) in [6.07, 6.45) is 0.297. The second kappa shape index (κ2) is 8.71. The van der Waals surface area contributed by atoms with Crippen molar-refractivity contribution in [2.24, 2.45) is 0 Å². The molecule has 9 heteroatoms. The van der Waals surface area contributed by atoms with Gasteiger partial charge in [-0.2, -0.15) is 24.1 Å². The number of nitrogens with zero attached hydrogens (tertiary/aromatic N) is 1. The molecule has 0 saturated carbocycles. The first-order chi connectivity index (χ1) is 15.2. The monoisotopic (exact) mass is 488 g/mol. The van der Waals surface area contributed by atoms with Crippen molar-refractivity contribution in [3.8, 4) is 11.1 Å². The SMILES string of the molecule is Cc1c(Cc2cccc(NS(=O)(=O)N(C)C)c2)c(=O)oc2cc(-c3ccsc3)c(Cl)cc12. The van der Waals surface area contributed by atoms with Crippen molar-refractivity contribution in [3.63, 3.8) is 0 Å². The van der Waals surface area contributed by atoms with E-state index < -0.39 is 15.8 Å². The summed E-state index contributed by atoms with van der Waals surface area (Å²) in [7, 11) is -0.726. The molecule has 2 aromatic carbocycles. The average Bonchev–Trinajstić information content (AvgIpc) is 3.26. The Kier molecular flexibility index (Phi) is 6.13. The maximum absolute atomic E-state index is 12.8. The van der Waals surface area contributed by atoms with Gasteiger partial charge in [0.05, 0.1) is 5.69 Å². The van der Waals surface area contributed by atoms with Crippen LogP contribution in [0.2, 0.25) is 5.02 Å². The van der Waals surface area contributed by atoms with E-state index in [4.69, 9.17) is 16.0 Å². The molecular formula is C23H21ClN2O4S2. The number of fused-ring (bicyclic) bond motifs is 1. The number of hydrogen-bond donors (Lipinski definition) is 1. The van der Waals surface area contributed by atoms with E-state index in [1.54, 1.807) is 35.6 Å². The Bertz CT molecular complexity index is 1460. The Morgan fingerprint density at radius 1 is 1.16 bits per heavy atom. The molecule has 166 valence electrons. The van der Waals surface area contributed by atoms with Crippen molar-refractivity contribution in [2.45, 2.75) is 13.3 Å². The highest BCUT2D eigenvalue weighted by Crippen LogP contribution is 2.34. The van der Waals surface area contributed by atoms with Gasteiger partial charge in [-0.1, -0.05) is 23.7 Å². The van der Waals surface area contributed by atoms with Crippen molar-refractivity contribution >= 4 is 49.8 Å². The van der Waals surface area contributed by atoms with Crippen LogP contribution in [0.3, 0.4) is 0 Å². The molecule has 4 rings (SSSR count). The van der Waals surface area contributed by atoms with Crippen molar-refractivity contribution < 1.29 is 12.8 Å². The molecular weight excluding hydrogens is 468 g/mol. The quantitative estimate of drug-likeness (QED) is 0.374. The highest BCUT2D eigenvalue weighted by molar-refractivity contribution is 7.90. The summed E-state index contributed by atoms with van der Waals surface area (Å²) in [5.41, 5.74) is 4.34. The molecule has 0 saturated heterocycles. The zero-order chi connectivity index (χ0) is 23.0. The smallest absolute Gasteiger partial charge is 0.340 e. The number of halogens is 1. The minimum Gasteiger partial charge on any atom is -0.422 e. The van der Waals surface area contributed by atoms with Gasteiger partial charge < -0.3 is 4.42 Å². The Morgan fingerprint density at radius 3 is 2.62 bits per heavy atom. The lowest BCUT2D eigenvalue weighted by Crippen LogP contribution is -2.28. The van der Waals surface area contributed by atoms with Crippen LogP contribution in [0.1, 0.15) is 16.7 Å². The van der Waals surface area contributed by atoms with E-state index in [0.717, 1.165) is 31.9 Å². The fraction of sp³-hybridized carbons (Fsp3) is 0.174. The van der Waals surface area contributed by atoms with E-state index in [1.807, 2.05) is 35.9 Å². The van der Waals surface area contributed by atoms with Crippen LogP contribution < -0.4 is 10.3 Å². The minimum atomic E-state index is -3.62. The molecule has 0 unspecified atom stereocenters. The van der Waals surface area contributed by atoms with E-state index in [1.165, 1.54) is 14.1 Å². The number of hydrogen-bond acceptors (Lipinski definition) is 5. The van der Waals surface area contributed by atoms with E-state index in [-0.39, 0.29) is 0 Å². The first-order valence-electron chi connectivity index (χ1n) is 9.73. The third-order valence-corrected chi connectivity index (χ3v) is 7.69. The normalized spacial score (nSPS) is 11.9. The lowest BCUT2D eigenvalue weighted by Gasteiger charge is -2.14. The van der Waals surface area contributed by atoms with Gasteiger partial charge in [0.15, 0.2) is 0 Å². The fourth-order valence-corrected chi connectivity index (χ4v) is 4.98. The standard InChI is InChI=1S/C23H21ClN2O4S2/c1-14-18-11-21(24)20(16-7-8-31-13-16)12-22(18)30-23(27)19(14)10-15-5-4-6-17(9-15)25-32(28,29)26(2)3/h4-9,11-13,25H,10H2,1-3H3. The summed E-state index contributed by atoms with van der Waals surface area (Å²) in [4.78, 5) is 12.8. The van der Waals surface area contributed by atoms with Crippen LogP contribution in [0.25, 0.3) is 22.1 Å². The number of thiophene rings is 1. The third-order valence-electron chi connectivity index (χ3n) is 5.24. The molecule has 2 aromatic heterocycles. The first kappa shape index (κ1) is 22.5. The minimum absolute atomic E-state index is 0.297. The second-order valence-corrected chi connectivity index (χ2v) is 10.7. The van der Waals surface area contributed by atoms with Crippen LogP contribution in [0.4, 0.5) is 5.69 Å². The van der Waals surface area contributed by atoms with Crippen LogP contribution >= 0.6 is 22.9 Å². The highest BCUT2D eigenvalue weighted by Gasteiger charge is 2.17. The molecule has 0 amide bonds. The molecule has 0 fully saturated rings. The summed E-state index contributed by atoms with van der Waals surface area (Å²) in [6.45, 7) is 1.87. The fourth-order valence-electron chi connectivity index (χ4n) is 3.44. The summed E-state index contributed by atoms with van der Waals surface area (Å²) in [6, 6.07) is 12.5. The van der Waals surface area contributed by atoms with Gasteiger partial charge in [-0.15, -0.1) is 0 Å². The third kappa shape index (κ3) is 4.45. The van der Waals surface area contributed by atoms with Gasteiger partial charge >= 0.3 is 15.8 Å². The molecule has 0 aliphatic carbocycles. The van der Waals surface area contributed by atoms with E-state index in [9.17, 15) is 13.2 Å². The van der Waals surface area contributed by atoms with Crippen molar-refractivity contribution in [1.29, 1.82) is 0 Å². The molecule has 4 aromatic rings. The summed E-state index contributed by atoms with van der Waals surface area (Å²) in [5.74, 6) is 0. The van der Waals surface area contributed by atoms with Crippen LogP contribution in [0, 0.1) is 6.92 Å². The lowest BCUT2D eigenvalue weighted by molar-refractivity contribution is 0.527. The lowest BCUT2D eigenvalue weighted by atomic mass is 9.98. The molecule has 0 bridgehead atoms. The molecule has 0 aliphatic rings. The molecule has 1 N–H and O–H groups in total. The average molecular weight is 489 g/mol. The van der Waals surface area contributed by atoms with E-state index >= 15 is 0 Å². The number of aryl methyl sites for hydroxylation is 1. The largest absolute Gasteiger partial charge is 0.422 e. The second-order valence-electron chi connectivity index (χ2n) is 7.60. The van der Waals surface area contributed by atoms with E-state index in [2.05, 4.69) is 4.72 Å². The van der Waals surface area contributed by atoms with Crippen molar-refractivity contribution in [2.75, 3.05) is 18.8 Å². The summed E-state index contributed by atoms with van der Waals surface area (Å²) in [5, 5.41) is 5.31. The topological polar surface area (TPSA) is 79.6 Å². The number of anilines is 1. The van der Waals surface area contributed by atoms with Gasteiger partial charge in [0, 0.05) is 42.1 Å². The molecule has 32 heavy (non-hydrogen) atoms. The van der Waals surface area contributed by atoms with Gasteiger partial charge in [-0.3, -0.25) is 4.72 Å². The molecule has 2 heterocycles. The number of nitrogens with one attached hydrogen (secondary N) is 1. The zero-order valence-corrected chi connectivity index (χ0v) is 20.1. The van der Waals surface area contributed by atoms with Crippen LogP contribution in [0.15, 0.2) is 62.4 Å². The molecule has 0 aliphatic heterocycles. The maximum atomic E-state index is 12.8. The van der Waals surface area contributed by atoms with Gasteiger partial charge in [0.25, 0.3) is 0 Å².